The lowest BCUT2D eigenvalue weighted by atomic mass is 9.95. The number of carbonyl (C=O) groups excluding carboxylic acids is 2. The number of ether oxygens (including phenoxy) is 2. The summed E-state index contributed by atoms with van der Waals surface area (Å²) in [7, 11) is 0. The Morgan fingerprint density at radius 2 is 1.76 bits per heavy atom. The molecule has 5 rings (SSSR count). The molecule has 45 heavy (non-hydrogen) atoms. The van der Waals surface area contributed by atoms with E-state index in [1.807, 2.05) is 26.0 Å². The second kappa shape index (κ2) is 14.3. The van der Waals surface area contributed by atoms with E-state index in [0.29, 0.717) is 51.9 Å². The number of halogens is 1. The van der Waals surface area contributed by atoms with Gasteiger partial charge in [-0.05, 0) is 61.6 Å². The highest BCUT2D eigenvalue weighted by Gasteiger charge is 2.48. The van der Waals surface area contributed by atoms with E-state index >= 15 is 0 Å². The van der Waals surface area contributed by atoms with Crippen LogP contribution in [0.4, 0.5) is 9.52 Å². The summed E-state index contributed by atoms with van der Waals surface area (Å²) in [6.07, 6.45) is 0.864. The molecule has 234 valence electrons. The van der Waals surface area contributed by atoms with Gasteiger partial charge in [0.25, 0.3) is 5.78 Å². The van der Waals surface area contributed by atoms with Gasteiger partial charge in [-0.15, -0.1) is 10.2 Å². The molecule has 11 heteroatoms. The molecule has 1 fully saturated rings. The van der Waals surface area contributed by atoms with Gasteiger partial charge >= 0.3 is 5.91 Å². The van der Waals surface area contributed by atoms with Crippen LogP contribution in [0.3, 0.4) is 0 Å². The Kier molecular flexibility index (Phi) is 10.2. The van der Waals surface area contributed by atoms with Crippen LogP contribution < -0.4 is 14.4 Å². The minimum absolute atomic E-state index is 0.0597. The highest BCUT2D eigenvalue weighted by atomic mass is 32.2. The molecule has 1 amide bonds. The quantitative estimate of drug-likeness (QED) is 0.0548. The maximum atomic E-state index is 13.7. The van der Waals surface area contributed by atoms with Crippen LogP contribution in [0.5, 0.6) is 11.5 Å². The van der Waals surface area contributed by atoms with Crippen LogP contribution in [0.1, 0.15) is 55.5 Å². The SMILES string of the molecule is CCOc1cc(C2/C(=C(\O)c3ccc(C)cc3)C(=O)C(=O)N2c2nnc(SCc3ccc(F)cc3)s2)ccc1OCCC(C)C. The van der Waals surface area contributed by atoms with Gasteiger partial charge in [-0.1, -0.05) is 85.0 Å². The molecule has 3 aromatic carbocycles. The molecule has 8 nitrogen and oxygen atoms in total. The number of aromatic nitrogens is 2. The fraction of sp³-hybridized carbons (Fsp3) is 0.294. The molecule has 0 radical (unpaired) electrons. The zero-order valence-electron chi connectivity index (χ0n) is 25.5. The first-order chi connectivity index (χ1) is 21.7. The normalized spacial score (nSPS) is 16.0. The molecule has 1 aliphatic rings. The molecule has 0 bridgehead atoms. The van der Waals surface area contributed by atoms with Crippen molar-refractivity contribution in [2.24, 2.45) is 5.92 Å². The summed E-state index contributed by atoms with van der Waals surface area (Å²) >= 11 is 2.54. The number of anilines is 1. The number of carbonyl (C=O) groups is 2. The van der Waals surface area contributed by atoms with Crippen molar-refractivity contribution in [1.82, 2.24) is 10.2 Å². The zero-order chi connectivity index (χ0) is 32.1. The van der Waals surface area contributed by atoms with Crippen molar-refractivity contribution < 1.29 is 28.6 Å². The largest absolute Gasteiger partial charge is 0.507 e. The van der Waals surface area contributed by atoms with Crippen LogP contribution in [0.15, 0.2) is 76.6 Å². The van der Waals surface area contributed by atoms with Crippen LogP contribution in [0, 0.1) is 18.7 Å². The number of nitrogens with zero attached hydrogens (tertiary/aromatic N) is 3. The van der Waals surface area contributed by atoms with Crippen LogP contribution >= 0.6 is 23.1 Å². The van der Waals surface area contributed by atoms with E-state index < -0.39 is 17.7 Å². The van der Waals surface area contributed by atoms with Crippen LogP contribution in [-0.4, -0.2) is 40.2 Å². The minimum Gasteiger partial charge on any atom is -0.507 e. The van der Waals surface area contributed by atoms with Crippen molar-refractivity contribution >= 4 is 45.7 Å². The fourth-order valence-corrected chi connectivity index (χ4v) is 6.61. The molecule has 1 aliphatic heterocycles. The van der Waals surface area contributed by atoms with Gasteiger partial charge in [-0.25, -0.2) is 4.39 Å². The molecule has 0 aliphatic carbocycles. The van der Waals surface area contributed by atoms with Crippen molar-refractivity contribution in [2.75, 3.05) is 18.1 Å². The Morgan fingerprint density at radius 3 is 2.44 bits per heavy atom. The molecule has 4 aromatic rings. The number of aliphatic hydroxyl groups is 1. The molecular weight excluding hydrogens is 614 g/mol. The van der Waals surface area contributed by atoms with E-state index in [1.165, 1.54) is 28.8 Å². The number of rotatable bonds is 12. The van der Waals surface area contributed by atoms with Gasteiger partial charge < -0.3 is 14.6 Å². The lowest BCUT2D eigenvalue weighted by Gasteiger charge is -2.24. The lowest BCUT2D eigenvalue weighted by Crippen LogP contribution is -2.29. The summed E-state index contributed by atoms with van der Waals surface area (Å²) in [5.74, 6) is -0.261. The zero-order valence-corrected chi connectivity index (χ0v) is 27.1. The van der Waals surface area contributed by atoms with E-state index in [-0.39, 0.29) is 22.3 Å². The van der Waals surface area contributed by atoms with Gasteiger partial charge in [0.1, 0.15) is 11.6 Å². The molecule has 1 unspecified atom stereocenters. The molecular formula is C34H34FN3O5S2. The number of thioether (sulfide) groups is 1. The average molecular weight is 648 g/mol. The summed E-state index contributed by atoms with van der Waals surface area (Å²) in [6, 6.07) is 17.5. The topological polar surface area (TPSA) is 102 Å². The Bertz CT molecular complexity index is 1700. The average Bonchev–Trinajstić information content (AvgIpc) is 3.59. The third kappa shape index (κ3) is 7.37. The second-order valence-corrected chi connectivity index (χ2v) is 13.1. The molecule has 0 spiro atoms. The Balaban J connectivity index is 1.55. The molecule has 1 aromatic heterocycles. The highest BCUT2D eigenvalue weighted by molar-refractivity contribution is 8.00. The van der Waals surface area contributed by atoms with E-state index in [0.717, 1.165) is 28.9 Å². The lowest BCUT2D eigenvalue weighted by molar-refractivity contribution is -0.132. The van der Waals surface area contributed by atoms with Crippen LogP contribution in [0.25, 0.3) is 5.76 Å². The van der Waals surface area contributed by atoms with Crippen LogP contribution in [-0.2, 0) is 15.3 Å². The number of amides is 1. The highest BCUT2D eigenvalue weighted by Crippen LogP contribution is 2.45. The van der Waals surface area contributed by atoms with Crippen molar-refractivity contribution in [3.8, 4) is 11.5 Å². The van der Waals surface area contributed by atoms with Crippen molar-refractivity contribution in [3.05, 3.63) is 100 Å². The smallest absolute Gasteiger partial charge is 0.301 e. The summed E-state index contributed by atoms with van der Waals surface area (Å²) in [6.45, 7) is 8.90. The Labute approximate surface area is 269 Å². The maximum Gasteiger partial charge on any atom is 0.301 e. The summed E-state index contributed by atoms with van der Waals surface area (Å²) in [5, 5.41) is 20.2. The van der Waals surface area contributed by atoms with Gasteiger partial charge in [0.2, 0.25) is 5.13 Å². The third-order valence-corrected chi connectivity index (χ3v) is 9.31. The third-order valence-electron chi connectivity index (χ3n) is 7.18. The number of hydrogen-bond acceptors (Lipinski definition) is 9. The number of ketones is 1. The van der Waals surface area contributed by atoms with E-state index in [9.17, 15) is 19.1 Å². The number of Topliss-reactive ketones (excluding diaryl/α,β-unsaturated/α-hetero) is 1. The van der Waals surface area contributed by atoms with Crippen LogP contribution in [0.2, 0.25) is 0 Å². The monoisotopic (exact) mass is 647 g/mol. The molecule has 0 saturated carbocycles. The molecule has 2 heterocycles. The van der Waals surface area contributed by atoms with Gasteiger partial charge in [-0.3, -0.25) is 14.5 Å². The number of benzene rings is 3. The van der Waals surface area contributed by atoms with Crippen molar-refractivity contribution in [3.63, 3.8) is 0 Å². The van der Waals surface area contributed by atoms with E-state index in [1.54, 1.807) is 42.5 Å². The fourth-order valence-electron chi connectivity index (χ4n) is 4.78. The molecule has 1 atom stereocenters. The Morgan fingerprint density at radius 1 is 1.02 bits per heavy atom. The molecule has 1 N–H and O–H groups in total. The van der Waals surface area contributed by atoms with Gasteiger partial charge in [-0.2, -0.15) is 0 Å². The standard InChI is InChI=1S/C34H34FN3O5S2/c1-5-42-27-18-24(12-15-26(27)43-17-16-20(2)3)29-28(30(39)23-10-6-21(4)7-11-23)31(40)32(41)38(29)33-36-37-34(45-33)44-19-22-8-13-25(35)14-9-22/h6-15,18,20,29,39H,5,16-17,19H2,1-4H3/b30-28+. The second-order valence-electron chi connectivity index (χ2n) is 11.0. The number of aryl methyl sites for hydroxylation is 1. The molecule has 1 saturated heterocycles. The maximum absolute atomic E-state index is 13.7. The number of aliphatic hydroxyl groups excluding tert-OH is 1. The number of hydrogen-bond donors (Lipinski definition) is 1. The van der Waals surface area contributed by atoms with Gasteiger partial charge in [0, 0.05) is 11.3 Å². The van der Waals surface area contributed by atoms with E-state index in [2.05, 4.69) is 24.0 Å². The summed E-state index contributed by atoms with van der Waals surface area (Å²) in [5.41, 5.74) is 2.78. The minimum atomic E-state index is -1.00. The van der Waals surface area contributed by atoms with E-state index in [4.69, 9.17) is 9.47 Å². The predicted molar refractivity (Wildman–Crippen MR) is 174 cm³/mol. The first-order valence-electron chi connectivity index (χ1n) is 14.6. The predicted octanol–water partition coefficient (Wildman–Crippen LogP) is 7.73. The Hall–Kier alpha value is -4.22. The summed E-state index contributed by atoms with van der Waals surface area (Å²) < 4.78 is 25.8. The van der Waals surface area contributed by atoms with Crippen molar-refractivity contribution in [2.45, 2.75) is 50.3 Å². The first kappa shape index (κ1) is 32.2. The van der Waals surface area contributed by atoms with Gasteiger partial charge in [0.05, 0.1) is 24.8 Å². The van der Waals surface area contributed by atoms with Gasteiger partial charge in [0.15, 0.2) is 15.8 Å². The summed E-state index contributed by atoms with van der Waals surface area (Å²) in [4.78, 5) is 28.6. The van der Waals surface area contributed by atoms with Crippen molar-refractivity contribution in [1.29, 1.82) is 0 Å². The first-order valence-corrected chi connectivity index (χ1v) is 16.4.